The Morgan fingerprint density at radius 2 is 2.41 bits per heavy atom. The summed E-state index contributed by atoms with van der Waals surface area (Å²) in [5, 5.41) is 0. The molecule has 0 bridgehead atoms. The Kier molecular flexibility index (Phi) is 3.19. The van der Waals surface area contributed by atoms with Gasteiger partial charge >= 0.3 is 5.97 Å². The van der Waals surface area contributed by atoms with Crippen LogP contribution in [-0.4, -0.2) is 39.3 Å². The minimum Gasteiger partial charge on any atom is -0.488 e. The van der Waals surface area contributed by atoms with Gasteiger partial charge in [-0.2, -0.15) is 0 Å². The number of para-hydroxylation sites is 1. The van der Waals surface area contributed by atoms with Crippen molar-refractivity contribution in [2.45, 2.75) is 6.04 Å². The van der Waals surface area contributed by atoms with E-state index in [1.165, 1.54) is 7.11 Å². The van der Waals surface area contributed by atoms with Crippen molar-refractivity contribution in [3.05, 3.63) is 23.8 Å². The molecule has 1 aromatic rings. The van der Waals surface area contributed by atoms with Crippen LogP contribution in [-0.2, 0) is 4.74 Å². The number of carbonyl (C=O) groups is 1. The van der Waals surface area contributed by atoms with Crippen LogP contribution in [0.25, 0.3) is 0 Å². The zero-order valence-electron chi connectivity index (χ0n) is 9.97. The first-order chi connectivity index (χ1) is 8.19. The van der Waals surface area contributed by atoms with E-state index in [0.717, 1.165) is 5.69 Å². The van der Waals surface area contributed by atoms with Crippen LogP contribution in [0.2, 0.25) is 0 Å². The minimum atomic E-state index is -0.388. The number of nitrogens with zero attached hydrogens (tertiary/aromatic N) is 1. The van der Waals surface area contributed by atoms with Crippen molar-refractivity contribution in [2.75, 3.05) is 32.2 Å². The third-order valence-corrected chi connectivity index (χ3v) is 3.02. The van der Waals surface area contributed by atoms with Crippen LogP contribution in [0.15, 0.2) is 18.2 Å². The Morgan fingerprint density at radius 3 is 3.06 bits per heavy atom. The van der Waals surface area contributed by atoms with Gasteiger partial charge in [0.05, 0.1) is 18.8 Å². The van der Waals surface area contributed by atoms with Crippen LogP contribution in [0.3, 0.4) is 0 Å². The van der Waals surface area contributed by atoms with Gasteiger partial charge in [0.2, 0.25) is 0 Å². The summed E-state index contributed by atoms with van der Waals surface area (Å²) in [6, 6.07) is 5.55. The molecule has 0 fully saturated rings. The molecule has 0 saturated carbocycles. The van der Waals surface area contributed by atoms with Gasteiger partial charge in [0.15, 0.2) is 5.75 Å². The summed E-state index contributed by atoms with van der Waals surface area (Å²) in [7, 11) is 3.30. The van der Waals surface area contributed by atoms with E-state index in [1.54, 1.807) is 6.07 Å². The standard InChI is InChI=1S/C12H16N2O3/c1-14-8(6-13)7-17-11-9(12(15)16-2)4-3-5-10(11)14/h3-5,8H,6-7,13H2,1-2H3. The van der Waals surface area contributed by atoms with Gasteiger partial charge in [-0.25, -0.2) is 4.79 Å². The van der Waals surface area contributed by atoms with Crippen LogP contribution in [0.4, 0.5) is 5.69 Å². The van der Waals surface area contributed by atoms with Crippen molar-refractivity contribution in [1.29, 1.82) is 0 Å². The summed E-state index contributed by atoms with van der Waals surface area (Å²) in [6.07, 6.45) is 0. The number of hydrogen-bond donors (Lipinski definition) is 1. The molecular weight excluding hydrogens is 220 g/mol. The van der Waals surface area contributed by atoms with E-state index in [2.05, 4.69) is 0 Å². The fraction of sp³-hybridized carbons (Fsp3) is 0.417. The highest BCUT2D eigenvalue weighted by molar-refractivity contribution is 5.95. The molecule has 92 valence electrons. The highest BCUT2D eigenvalue weighted by atomic mass is 16.5. The molecular formula is C12H16N2O3. The number of fused-ring (bicyclic) bond motifs is 1. The van der Waals surface area contributed by atoms with Gasteiger partial charge < -0.3 is 20.1 Å². The van der Waals surface area contributed by atoms with Gasteiger partial charge in [-0.3, -0.25) is 0 Å². The Hall–Kier alpha value is -1.75. The second-order valence-electron chi connectivity index (χ2n) is 3.96. The normalized spacial score (nSPS) is 18.3. The number of nitrogens with two attached hydrogens (primary N) is 1. The molecule has 1 aliphatic rings. The van der Waals surface area contributed by atoms with E-state index in [9.17, 15) is 4.79 Å². The Balaban J connectivity index is 2.43. The largest absolute Gasteiger partial charge is 0.488 e. The topological polar surface area (TPSA) is 64.8 Å². The lowest BCUT2D eigenvalue weighted by molar-refractivity contribution is 0.0595. The van der Waals surface area contributed by atoms with E-state index in [-0.39, 0.29) is 12.0 Å². The zero-order chi connectivity index (χ0) is 12.4. The van der Waals surface area contributed by atoms with Gasteiger partial charge in [0, 0.05) is 13.6 Å². The lowest BCUT2D eigenvalue weighted by atomic mass is 10.1. The molecule has 1 atom stereocenters. The zero-order valence-corrected chi connectivity index (χ0v) is 9.97. The molecule has 1 heterocycles. The molecule has 0 amide bonds. The Bertz CT molecular complexity index is 434. The van der Waals surface area contributed by atoms with Crippen molar-refractivity contribution in [3.8, 4) is 5.75 Å². The van der Waals surface area contributed by atoms with Gasteiger partial charge in [-0.15, -0.1) is 0 Å². The molecule has 1 unspecified atom stereocenters. The van der Waals surface area contributed by atoms with E-state index < -0.39 is 0 Å². The van der Waals surface area contributed by atoms with Crippen molar-refractivity contribution < 1.29 is 14.3 Å². The molecule has 0 radical (unpaired) electrons. The maximum Gasteiger partial charge on any atom is 0.341 e. The quantitative estimate of drug-likeness (QED) is 0.763. The number of likely N-dealkylation sites (N-methyl/N-ethyl adjacent to an activating group) is 1. The summed E-state index contributed by atoms with van der Waals surface area (Å²) in [4.78, 5) is 13.6. The molecule has 0 spiro atoms. The molecule has 5 nitrogen and oxygen atoms in total. The van der Waals surface area contributed by atoms with Crippen molar-refractivity contribution in [1.82, 2.24) is 0 Å². The van der Waals surface area contributed by atoms with Crippen LogP contribution in [0, 0.1) is 0 Å². The number of methoxy groups -OCH3 is 1. The first-order valence-corrected chi connectivity index (χ1v) is 5.46. The lowest BCUT2D eigenvalue weighted by Gasteiger charge is -2.35. The van der Waals surface area contributed by atoms with Crippen LogP contribution in [0.1, 0.15) is 10.4 Å². The average Bonchev–Trinajstić information content (AvgIpc) is 2.38. The second kappa shape index (κ2) is 4.63. The fourth-order valence-corrected chi connectivity index (χ4v) is 1.94. The molecule has 17 heavy (non-hydrogen) atoms. The summed E-state index contributed by atoms with van der Waals surface area (Å²) >= 11 is 0. The van der Waals surface area contributed by atoms with Crippen LogP contribution >= 0.6 is 0 Å². The molecule has 0 aromatic heterocycles. The monoisotopic (exact) mass is 236 g/mol. The summed E-state index contributed by atoms with van der Waals surface area (Å²) in [6.45, 7) is 0.992. The maximum absolute atomic E-state index is 11.6. The van der Waals surface area contributed by atoms with E-state index in [0.29, 0.717) is 24.5 Å². The number of rotatable bonds is 2. The number of hydrogen-bond acceptors (Lipinski definition) is 5. The minimum absolute atomic E-state index is 0.135. The maximum atomic E-state index is 11.6. The first kappa shape index (κ1) is 11.7. The molecule has 1 aromatic carbocycles. The fourth-order valence-electron chi connectivity index (χ4n) is 1.94. The molecule has 0 saturated heterocycles. The van der Waals surface area contributed by atoms with E-state index in [1.807, 2.05) is 24.1 Å². The number of esters is 1. The van der Waals surface area contributed by atoms with Gasteiger partial charge in [0.1, 0.15) is 12.2 Å². The average molecular weight is 236 g/mol. The predicted octanol–water partition coefficient (Wildman–Crippen LogP) is 0.629. The van der Waals surface area contributed by atoms with Crippen LogP contribution in [0.5, 0.6) is 5.75 Å². The van der Waals surface area contributed by atoms with Gasteiger partial charge in [-0.1, -0.05) is 6.07 Å². The summed E-state index contributed by atoms with van der Waals surface area (Å²) < 4.78 is 10.4. The van der Waals surface area contributed by atoms with E-state index in [4.69, 9.17) is 15.2 Å². The Labute approximate surface area is 100 Å². The smallest absolute Gasteiger partial charge is 0.341 e. The third kappa shape index (κ3) is 1.93. The Morgan fingerprint density at radius 1 is 1.65 bits per heavy atom. The third-order valence-electron chi connectivity index (χ3n) is 3.02. The van der Waals surface area contributed by atoms with Crippen molar-refractivity contribution in [3.63, 3.8) is 0 Å². The highest BCUT2D eigenvalue weighted by Crippen LogP contribution is 2.36. The second-order valence-corrected chi connectivity index (χ2v) is 3.96. The van der Waals surface area contributed by atoms with Crippen molar-refractivity contribution >= 4 is 11.7 Å². The number of ether oxygens (including phenoxy) is 2. The number of benzene rings is 1. The first-order valence-electron chi connectivity index (χ1n) is 5.46. The van der Waals surface area contributed by atoms with Gasteiger partial charge in [0.25, 0.3) is 0 Å². The molecule has 0 aliphatic carbocycles. The molecule has 2 N–H and O–H groups in total. The predicted molar refractivity (Wildman–Crippen MR) is 64.5 cm³/mol. The molecule has 2 rings (SSSR count). The highest BCUT2D eigenvalue weighted by Gasteiger charge is 2.27. The van der Waals surface area contributed by atoms with Crippen LogP contribution < -0.4 is 15.4 Å². The summed E-state index contributed by atoms with van der Waals surface area (Å²) in [5.41, 5.74) is 6.98. The van der Waals surface area contributed by atoms with Gasteiger partial charge in [-0.05, 0) is 12.1 Å². The molecule has 1 aliphatic heterocycles. The lowest BCUT2D eigenvalue weighted by Crippen LogP contribution is -2.45. The van der Waals surface area contributed by atoms with E-state index >= 15 is 0 Å². The summed E-state index contributed by atoms with van der Waals surface area (Å²) in [5.74, 6) is 0.188. The number of anilines is 1. The molecule has 5 heteroatoms. The number of carbonyl (C=O) groups excluding carboxylic acids is 1. The SMILES string of the molecule is COC(=O)c1cccc2c1OCC(CN)N2C. The van der Waals surface area contributed by atoms with Crippen molar-refractivity contribution in [2.24, 2.45) is 5.73 Å².